The van der Waals surface area contributed by atoms with Gasteiger partial charge in [0, 0.05) is 17.8 Å². The van der Waals surface area contributed by atoms with Crippen LogP contribution in [0, 0.1) is 0 Å². The van der Waals surface area contributed by atoms with E-state index in [9.17, 15) is 5.21 Å². The highest BCUT2D eigenvalue weighted by Gasteiger charge is 2.14. The normalized spacial score (nSPS) is 14.3. The number of pyridine rings is 1. The highest BCUT2D eigenvalue weighted by Crippen LogP contribution is 2.36. The molecular formula is C11H9N3O. The van der Waals surface area contributed by atoms with Gasteiger partial charge in [0.1, 0.15) is 0 Å². The predicted molar refractivity (Wildman–Crippen MR) is 59.0 cm³/mol. The molecule has 0 unspecified atom stereocenters. The fraction of sp³-hybridized carbons (Fsp3) is 0.0909. The lowest BCUT2D eigenvalue weighted by atomic mass is 10.1. The first-order chi connectivity index (χ1) is 7.36. The number of nitrogens with zero attached hydrogens (tertiary/aromatic N) is 3. The SMILES string of the molecule is ON1CC=Nc2c1ccc1ncccc21. The van der Waals surface area contributed by atoms with Crippen LogP contribution in [0.3, 0.4) is 0 Å². The highest BCUT2D eigenvalue weighted by atomic mass is 16.5. The van der Waals surface area contributed by atoms with Crippen LogP contribution in [0.5, 0.6) is 0 Å². The molecule has 4 heteroatoms. The van der Waals surface area contributed by atoms with Crippen LogP contribution in [-0.4, -0.2) is 23.0 Å². The van der Waals surface area contributed by atoms with E-state index in [4.69, 9.17) is 0 Å². The Hall–Kier alpha value is -1.94. The number of aliphatic imine (C=N–C) groups is 1. The smallest absolute Gasteiger partial charge is 0.0977 e. The molecule has 1 aromatic heterocycles. The maximum atomic E-state index is 9.64. The molecule has 0 amide bonds. The molecule has 1 aromatic carbocycles. The Morgan fingerprint density at radius 2 is 2.20 bits per heavy atom. The van der Waals surface area contributed by atoms with Gasteiger partial charge in [0.25, 0.3) is 0 Å². The van der Waals surface area contributed by atoms with E-state index >= 15 is 0 Å². The number of benzene rings is 1. The number of aromatic nitrogens is 1. The summed E-state index contributed by atoms with van der Waals surface area (Å²) >= 11 is 0. The number of fused-ring (bicyclic) bond motifs is 3. The lowest BCUT2D eigenvalue weighted by molar-refractivity contribution is 0.270. The van der Waals surface area contributed by atoms with Crippen molar-refractivity contribution in [2.24, 2.45) is 4.99 Å². The highest BCUT2D eigenvalue weighted by molar-refractivity contribution is 5.99. The van der Waals surface area contributed by atoms with Gasteiger partial charge in [-0.2, -0.15) is 0 Å². The van der Waals surface area contributed by atoms with E-state index in [2.05, 4.69) is 9.98 Å². The van der Waals surface area contributed by atoms with E-state index in [0.29, 0.717) is 6.54 Å². The Labute approximate surface area is 86.5 Å². The van der Waals surface area contributed by atoms with Crippen molar-refractivity contribution in [1.29, 1.82) is 0 Å². The van der Waals surface area contributed by atoms with Crippen molar-refractivity contribution in [3.8, 4) is 0 Å². The second kappa shape index (κ2) is 3.03. The number of hydrogen-bond donors (Lipinski definition) is 1. The van der Waals surface area contributed by atoms with Crippen molar-refractivity contribution in [1.82, 2.24) is 4.98 Å². The van der Waals surface area contributed by atoms with Crippen LogP contribution in [0.4, 0.5) is 11.4 Å². The molecule has 0 atom stereocenters. The van der Waals surface area contributed by atoms with Crippen molar-refractivity contribution in [2.45, 2.75) is 0 Å². The minimum absolute atomic E-state index is 0.429. The van der Waals surface area contributed by atoms with Crippen molar-refractivity contribution in [2.75, 3.05) is 11.6 Å². The van der Waals surface area contributed by atoms with E-state index < -0.39 is 0 Å². The van der Waals surface area contributed by atoms with Gasteiger partial charge < -0.3 is 0 Å². The van der Waals surface area contributed by atoms with Crippen LogP contribution in [0.2, 0.25) is 0 Å². The Morgan fingerprint density at radius 3 is 3.13 bits per heavy atom. The minimum Gasteiger partial charge on any atom is -0.288 e. The average Bonchev–Trinajstić information content (AvgIpc) is 2.29. The lowest BCUT2D eigenvalue weighted by Gasteiger charge is -2.21. The van der Waals surface area contributed by atoms with E-state index in [1.807, 2.05) is 24.3 Å². The maximum Gasteiger partial charge on any atom is 0.0977 e. The Morgan fingerprint density at radius 1 is 1.27 bits per heavy atom. The average molecular weight is 199 g/mol. The zero-order valence-corrected chi connectivity index (χ0v) is 7.96. The zero-order valence-electron chi connectivity index (χ0n) is 7.96. The van der Waals surface area contributed by atoms with Crippen LogP contribution >= 0.6 is 0 Å². The minimum atomic E-state index is 0.429. The van der Waals surface area contributed by atoms with Gasteiger partial charge in [-0.05, 0) is 24.3 Å². The number of rotatable bonds is 0. The van der Waals surface area contributed by atoms with E-state index in [-0.39, 0.29) is 0 Å². The topological polar surface area (TPSA) is 48.7 Å². The summed E-state index contributed by atoms with van der Waals surface area (Å²) < 4.78 is 0. The molecule has 0 fully saturated rings. The standard InChI is InChI=1S/C11H9N3O/c15-14-7-6-13-11-8-2-1-5-12-9(8)3-4-10(11)14/h1-6,15H,7H2. The third kappa shape index (κ3) is 1.19. The Kier molecular flexibility index (Phi) is 1.69. The Bertz CT molecular complexity index is 551. The van der Waals surface area contributed by atoms with Crippen molar-refractivity contribution < 1.29 is 5.21 Å². The summed E-state index contributed by atoms with van der Waals surface area (Å²) in [7, 11) is 0. The summed E-state index contributed by atoms with van der Waals surface area (Å²) in [5.41, 5.74) is 2.41. The molecule has 0 saturated heterocycles. The zero-order chi connectivity index (χ0) is 10.3. The lowest BCUT2D eigenvalue weighted by Crippen LogP contribution is -2.22. The first kappa shape index (κ1) is 8.38. The van der Waals surface area contributed by atoms with Gasteiger partial charge in [0.15, 0.2) is 0 Å². The molecule has 74 valence electrons. The fourth-order valence-electron chi connectivity index (χ4n) is 1.78. The maximum absolute atomic E-state index is 9.64. The molecule has 0 radical (unpaired) electrons. The third-order valence-electron chi connectivity index (χ3n) is 2.49. The molecule has 3 rings (SSSR count). The van der Waals surface area contributed by atoms with Crippen molar-refractivity contribution >= 4 is 28.5 Å². The van der Waals surface area contributed by atoms with Gasteiger partial charge >= 0.3 is 0 Å². The molecule has 15 heavy (non-hydrogen) atoms. The molecule has 2 heterocycles. The molecule has 0 bridgehead atoms. The fourth-order valence-corrected chi connectivity index (χ4v) is 1.78. The molecule has 1 aliphatic rings. The summed E-state index contributed by atoms with van der Waals surface area (Å²) in [6.07, 6.45) is 3.44. The van der Waals surface area contributed by atoms with E-state index in [1.165, 1.54) is 5.06 Å². The third-order valence-corrected chi connectivity index (χ3v) is 2.49. The molecule has 4 nitrogen and oxygen atoms in total. The van der Waals surface area contributed by atoms with Gasteiger partial charge in [0.2, 0.25) is 0 Å². The molecule has 2 aromatic rings. The molecular weight excluding hydrogens is 190 g/mol. The predicted octanol–water partition coefficient (Wildman–Crippen LogP) is 2.15. The monoisotopic (exact) mass is 199 g/mol. The van der Waals surface area contributed by atoms with Crippen molar-refractivity contribution in [3.63, 3.8) is 0 Å². The van der Waals surface area contributed by atoms with E-state index in [0.717, 1.165) is 22.3 Å². The molecule has 0 aliphatic carbocycles. The van der Waals surface area contributed by atoms with Crippen LogP contribution in [-0.2, 0) is 0 Å². The number of hydroxylamine groups is 1. The molecule has 0 spiro atoms. The van der Waals surface area contributed by atoms with Crippen LogP contribution in [0.1, 0.15) is 0 Å². The first-order valence-corrected chi connectivity index (χ1v) is 4.73. The second-order valence-corrected chi connectivity index (χ2v) is 3.40. The van der Waals surface area contributed by atoms with Crippen LogP contribution < -0.4 is 5.06 Å². The van der Waals surface area contributed by atoms with E-state index in [1.54, 1.807) is 12.4 Å². The Balaban J connectivity index is 2.39. The van der Waals surface area contributed by atoms with Gasteiger partial charge in [-0.3, -0.25) is 15.2 Å². The second-order valence-electron chi connectivity index (χ2n) is 3.40. The molecule has 0 saturated carbocycles. The van der Waals surface area contributed by atoms with Crippen LogP contribution in [0.15, 0.2) is 35.5 Å². The van der Waals surface area contributed by atoms with Gasteiger partial charge in [-0.1, -0.05) is 0 Å². The molecule has 1 aliphatic heterocycles. The molecule has 1 N–H and O–H groups in total. The largest absolute Gasteiger partial charge is 0.288 e. The van der Waals surface area contributed by atoms with Crippen LogP contribution in [0.25, 0.3) is 10.9 Å². The summed E-state index contributed by atoms with van der Waals surface area (Å²) in [4.78, 5) is 8.55. The number of hydrogen-bond acceptors (Lipinski definition) is 4. The van der Waals surface area contributed by atoms with Gasteiger partial charge in [-0.15, -0.1) is 0 Å². The first-order valence-electron chi connectivity index (χ1n) is 4.73. The van der Waals surface area contributed by atoms with Gasteiger partial charge in [0.05, 0.1) is 23.4 Å². The van der Waals surface area contributed by atoms with Gasteiger partial charge in [-0.25, -0.2) is 5.06 Å². The quantitative estimate of drug-likeness (QED) is 0.707. The summed E-state index contributed by atoms with van der Waals surface area (Å²) in [6, 6.07) is 7.55. The summed E-state index contributed by atoms with van der Waals surface area (Å²) in [5.74, 6) is 0. The van der Waals surface area contributed by atoms with Crippen molar-refractivity contribution in [3.05, 3.63) is 30.5 Å². The number of anilines is 1. The summed E-state index contributed by atoms with van der Waals surface area (Å²) in [5, 5.41) is 11.8. The summed E-state index contributed by atoms with van der Waals surface area (Å²) in [6.45, 7) is 0.429.